The molecule has 0 aliphatic carbocycles. The molecule has 0 aliphatic heterocycles. The first-order valence-corrected chi connectivity index (χ1v) is 7.61. The number of carbonyl (C=O) groups is 1. The Kier molecular flexibility index (Phi) is 5.47. The van der Waals surface area contributed by atoms with Gasteiger partial charge in [0.1, 0.15) is 5.82 Å². The zero-order valence-corrected chi connectivity index (χ0v) is 12.7. The highest BCUT2D eigenvalue weighted by Crippen LogP contribution is 2.27. The van der Waals surface area contributed by atoms with Crippen molar-refractivity contribution in [1.82, 2.24) is 0 Å². The largest absolute Gasteiger partial charge is 0.380 e. The Morgan fingerprint density at radius 3 is 2.76 bits per heavy atom. The van der Waals surface area contributed by atoms with Crippen LogP contribution in [-0.2, 0) is 11.3 Å². The SMILES string of the molecule is NC(=O)CSc1ccccc1NCc1cccc(Cl)c1F. The van der Waals surface area contributed by atoms with Gasteiger partial charge in [-0.15, -0.1) is 11.8 Å². The zero-order chi connectivity index (χ0) is 15.2. The van der Waals surface area contributed by atoms with Gasteiger partial charge < -0.3 is 11.1 Å². The smallest absolute Gasteiger partial charge is 0.227 e. The molecule has 21 heavy (non-hydrogen) atoms. The van der Waals surface area contributed by atoms with Crippen LogP contribution in [-0.4, -0.2) is 11.7 Å². The average molecular weight is 325 g/mol. The van der Waals surface area contributed by atoms with Gasteiger partial charge in [0, 0.05) is 22.7 Å². The number of carbonyl (C=O) groups excluding carboxylic acids is 1. The van der Waals surface area contributed by atoms with Crippen LogP contribution in [0.4, 0.5) is 10.1 Å². The lowest BCUT2D eigenvalue weighted by atomic mass is 10.2. The van der Waals surface area contributed by atoms with Gasteiger partial charge in [-0.2, -0.15) is 0 Å². The van der Waals surface area contributed by atoms with E-state index in [1.165, 1.54) is 17.8 Å². The lowest BCUT2D eigenvalue weighted by molar-refractivity contribution is -0.115. The summed E-state index contributed by atoms with van der Waals surface area (Å²) in [5.41, 5.74) is 6.45. The Morgan fingerprint density at radius 2 is 2.00 bits per heavy atom. The summed E-state index contributed by atoms with van der Waals surface area (Å²) in [6, 6.07) is 12.4. The molecular formula is C15H14ClFN2OS. The van der Waals surface area contributed by atoms with Gasteiger partial charge in [0.2, 0.25) is 5.91 Å². The van der Waals surface area contributed by atoms with Crippen LogP contribution < -0.4 is 11.1 Å². The van der Waals surface area contributed by atoms with Crippen LogP contribution in [0.5, 0.6) is 0 Å². The number of anilines is 1. The number of halogens is 2. The predicted octanol–water partition coefficient (Wildman–Crippen LogP) is 3.67. The molecule has 0 saturated carbocycles. The molecule has 2 aromatic carbocycles. The van der Waals surface area contributed by atoms with Crippen molar-refractivity contribution in [3.63, 3.8) is 0 Å². The lowest BCUT2D eigenvalue weighted by Crippen LogP contribution is -2.13. The third kappa shape index (κ3) is 4.37. The molecule has 2 aromatic rings. The average Bonchev–Trinajstić information content (AvgIpc) is 2.47. The summed E-state index contributed by atoms with van der Waals surface area (Å²) in [7, 11) is 0. The Hall–Kier alpha value is -1.72. The quantitative estimate of drug-likeness (QED) is 0.797. The third-order valence-electron chi connectivity index (χ3n) is 2.76. The number of para-hydroxylation sites is 1. The van der Waals surface area contributed by atoms with Gasteiger partial charge >= 0.3 is 0 Å². The monoisotopic (exact) mass is 324 g/mol. The summed E-state index contributed by atoms with van der Waals surface area (Å²) < 4.78 is 13.8. The molecule has 6 heteroatoms. The van der Waals surface area contributed by atoms with E-state index in [2.05, 4.69) is 5.32 Å². The van der Waals surface area contributed by atoms with Crippen molar-refractivity contribution in [3.8, 4) is 0 Å². The summed E-state index contributed by atoms with van der Waals surface area (Å²) in [5.74, 6) is -0.603. The molecule has 0 atom stereocenters. The summed E-state index contributed by atoms with van der Waals surface area (Å²) in [6.07, 6.45) is 0. The second-order valence-corrected chi connectivity index (χ2v) is 5.74. The van der Waals surface area contributed by atoms with Crippen molar-refractivity contribution >= 4 is 35.0 Å². The Bertz CT molecular complexity index is 651. The predicted molar refractivity (Wildman–Crippen MR) is 85.1 cm³/mol. The first-order valence-electron chi connectivity index (χ1n) is 6.25. The van der Waals surface area contributed by atoms with Gasteiger partial charge in [-0.25, -0.2) is 4.39 Å². The van der Waals surface area contributed by atoms with E-state index >= 15 is 0 Å². The van der Waals surface area contributed by atoms with Crippen molar-refractivity contribution in [2.75, 3.05) is 11.1 Å². The first-order chi connectivity index (χ1) is 10.1. The van der Waals surface area contributed by atoms with Crippen LogP contribution in [0.2, 0.25) is 5.02 Å². The molecule has 0 unspecified atom stereocenters. The molecule has 0 aliphatic rings. The van der Waals surface area contributed by atoms with Gasteiger partial charge in [-0.05, 0) is 18.2 Å². The van der Waals surface area contributed by atoms with E-state index in [9.17, 15) is 9.18 Å². The molecular weight excluding hydrogens is 311 g/mol. The van der Waals surface area contributed by atoms with Crippen LogP contribution >= 0.6 is 23.4 Å². The number of hydrogen-bond acceptors (Lipinski definition) is 3. The normalized spacial score (nSPS) is 10.4. The Balaban J connectivity index is 2.09. The number of primary amides is 1. The van der Waals surface area contributed by atoms with Crippen molar-refractivity contribution in [1.29, 1.82) is 0 Å². The van der Waals surface area contributed by atoms with Gasteiger partial charge in [-0.1, -0.05) is 35.9 Å². The second-order valence-electron chi connectivity index (χ2n) is 4.32. The molecule has 1 amide bonds. The maximum Gasteiger partial charge on any atom is 0.227 e. The molecule has 0 fully saturated rings. The molecule has 3 nitrogen and oxygen atoms in total. The minimum atomic E-state index is -0.422. The fourth-order valence-corrected chi connectivity index (χ4v) is 2.73. The fourth-order valence-electron chi connectivity index (χ4n) is 1.76. The highest BCUT2D eigenvalue weighted by atomic mass is 35.5. The van der Waals surface area contributed by atoms with Crippen molar-refractivity contribution < 1.29 is 9.18 Å². The zero-order valence-electron chi connectivity index (χ0n) is 11.1. The minimum absolute atomic E-state index is 0.102. The second kappa shape index (κ2) is 7.33. The van der Waals surface area contributed by atoms with Crippen LogP contribution in [0.3, 0.4) is 0 Å². The molecule has 0 spiro atoms. The fraction of sp³-hybridized carbons (Fsp3) is 0.133. The maximum atomic E-state index is 13.8. The van der Waals surface area contributed by atoms with E-state index in [0.29, 0.717) is 12.1 Å². The standard InChI is InChI=1S/C15H14ClFN2OS/c16-11-5-3-4-10(15(11)17)8-19-12-6-1-2-7-13(12)21-9-14(18)20/h1-7,19H,8-9H2,(H2,18,20). The van der Waals surface area contributed by atoms with E-state index < -0.39 is 5.82 Å². The molecule has 0 aromatic heterocycles. The van der Waals surface area contributed by atoms with Crippen LogP contribution in [0.25, 0.3) is 0 Å². The highest BCUT2D eigenvalue weighted by Gasteiger charge is 2.08. The molecule has 3 N–H and O–H groups in total. The number of hydrogen-bond donors (Lipinski definition) is 2. The highest BCUT2D eigenvalue weighted by molar-refractivity contribution is 8.00. The van der Waals surface area contributed by atoms with E-state index in [-0.39, 0.29) is 16.7 Å². The topological polar surface area (TPSA) is 55.1 Å². The summed E-state index contributed by atoms with van der Waals surface area (Å²) in [6.45, 7) is 0.306. The Labute approximate surface area is 131 Å². The number of nitrogens with one attached hydrogen (secondary N) is 1. The third-order valence-corrected chi connectivity index (χ3v) is 4.15. The van der Waals surface area contributed by atoms with Crippen molar-refractivity contribution in [3.05, 3.63) is 58.9 Å². The number of nitrogens with two attached hydrogens (primary N) is 1. The van der Waals surface area contributed by atoms with Gasteiger partial charge in [0.25, 0.3) is 0 Å². The summed E-state index contributed by atoms with van der Waals surface area (Å²) in [5, 5.41) is 3.25. The van der Waals surface area contributed by atoms with Gasteiger partial charge in [-0.3, -0.25) is 4.79 Å². The maximum absolute atomic E-state index is 13.8. The number of benzene rings is 2. The van der Waals surface area contributed by atoms with E-state index in [1.807, 2.05) is 24.3 Å². The van der Waals surface area contributed by atoms with Crippen LogP contribution in [0, 0.1) is 5.82 Å². The molecule has 0 radical (unpaired) electrons. The molecule has 0 saturated heterocycles. The molecule has 0 bridgehead atoms. The summed E-state index contributed by atoms with van der Waals surface area (Å²) >= 11 is 7.09. The Morgan fingerprint density at radius 1 is 1.24 bits per heavy atom. The minimum Gasteiger partial charge on any atom is -0.380 e. The van der Waals surface area contributed by atoms with Gasteiger partial charge in [0.05, 0.1) is 10.8 Å². The number of rotatable bonds is 6. The van der Waals surface area contributed by atoms with Crippen molar-refractivity contribution in [2.45, 2.75) is 11.4 Å². The molecule has 0 heterocycles. The first kappa shape index (κ1) is 15.7. The number of amides is 1. The summed E-state index contributed by atoms with van der Waals surface area (Å²) in [4.78, 5) is 11.7. The van der Waals surface area contributed by atoms with Crippen LogP contribution in [0.1, 0.15) is 5.56 Å². The van der Waals surface area contributed by atoms with Crippen molar-refractivity contribution in [2.24, 2.45) is 5.73 Å². The lowest BCUT2D eigenvalue weighted by Gasteiger charge is -2.12. The number of thioether (sulfide) groups is 1. The van der Waals surface area contributed by atoms with E-state index in [1.54, 1.807) is 12.1 Å². The van der Waals surface area contributed by atoms with E-state index in [0.717, 1.165) is 10.6 Å². The molecule has 2 rings (SSSR count). The van der Waals surface area contributed by atoms with Crippen LogP contribution in [0.15, 0.2) is 47.4 Å². The van der Waals surface area contributed by atoms with Gasteiger partial charge in [0.15, 0.2) is 0 Å². The molecule has 110 valence electrons. The van der Waals surface area contributed by atoms with E-state index in [4.69, 9.17) is 17.3 Å².